The minimum absolute atomic E-state index is 0.131. The second-order valence-corrected chi connectivity index (χ2v) is 10.8. The molecule has 0 aromatic heterocycles. The number of hydrogen-bond acceptors (Lipinski definition) is 3. The highest BCUT2D eigenvalue weighted by Crippen LogP contribution is 2.63. The molecule has 1 saturated carbocycles. The first kappa shape index (κ1) is 21.5. The van der Waals surface area contributed by atoms with E-state index in [0.717, 1.165) is 18.4 Å². The molecule has 3 nitrogen and oxygen atoms in total. The number of benzene rings is 1. The van der Waals surface area contributed by atoms with E-state index < -0.39 is 9.84 Å². The second-order valence-electron chi connectivity index (χ2n) is 7.94. The summed E-state index contributed by atoms with van der Waals surface area (Å²) in [6.45, 7) is 3.86. The Morgan fingerprint density at radius 3 is 2.29 bits per heavy atom. The van der Waals surface area contributed by atoms with Crippen molar-refractivity contribution in [3.8, 4) is 5.75 Å². The molecule has 0 bridgehead atoms. The molecule has 6 heteroatoms. The van der Waals surface area contributed by atoms with Crippen LogP contribution in [0, 0.1) is 11.3 Å². The van der Waals surface area contributed by atoms with Crippen LogP contribution in [0.1, 0.15) is 45.1 Å². The molecule has 1 spiro atoms. The van der Waals surface area contributed by atoms with Gasteiger partial charge in [0.15, 0.2) is 15.6 Å². The quantitative estimate of drug-likeness (QED) is 0.475. The zero-order valence-electron chi connectivity index (χ0n) is 16.7. The van der Waals surface area contributed by atoms with E-state index in [1.54, 1.807) is 26.2 Å². The smallest absolute Gasteiger partial charge is 0.175 e. The van der Waals surface area contributed by atoms with E-state index in [-0.39, 0.29) is 5.92 Å². The first-order valence-electron chi connectivity index (χ1n) is 9.40. The molecule has 28 heavy (non-hydrogen) atoms. The van der Waals surface area contributed by atoms with Crippen LogP contribution in [0.5, 0.6) is 5.75 Å². The van der Waals surface area contributed by atoms with Gasteiger partial charge in [-0.3, -0.25) is 0 Å². The average Bonchev–Trinajstić information content (AvgIpc) is 3.24. The van der Waals surface area contributed by atoms with E-state index in [1.807, 2.05) is 18.2 Å². The molecule has 1 aromatic rings. The molecule has 2 aliphatic carbocycles. The van der Waals surface area contributed by atoms with E-state index in [2.05, 4.69) is 6.92 Å². The third-order valence-corrected chi connectivity index (χ3v) is 7.61. The van der Waals surface area contributed by atoms with Gasteiger partial charge >= 0.3 is 0 Å². The largest absolute Gasteiger partial charge is 0.494 e. The van der Waals surface area contributed by atoms with Crippen molar-refractivity contribution in [3.63, 3.8) is 0 Å². The normalized spacial score (nSPS) is 20.3. The minimum atomic E-state index is -3.22. The highest BCUT2D eigenvalue weighted by atomic mass is 35.5. The SMILES string of the molecule is C/C=C(\C=C/C(C)C1=C(c2cc(Cl)c(OC)c(Cl)c2)CC2(CC2)C1)S(C)(=O)=O. The summed E-state index contributed by atoms with van der Waals surface area (Å²) in [7, 11) is -1.66. The molecule has 0 radical (unpaired) electrons. The van der Waals surface area contributed by atoms with Gasteiger partial charge in [-0.2, -0.15) is 0 Å². The minimum Gasteiger partial charge on any atom is -0.494 e. The fourth-order valence-corrected chi connectivity index (χ4v) is 5.43. The lowest BCUT2D eigenvalue weighted by Crippen LogP contribution is -2.01. The Balaban J connectivity index is 1.99. The van der Waals surface area contributed by atoms with Gasteiger partial charge < -0.3 is 4.74 Å². The van der Waals surface area contributed by atoms with Crippen molar-refractivity contribution in [1.29, 1.82) is 0 Å². The van der Waals surface area contributed by atoms with Crippen LogP contribution in [0.4, 0.5) is 0 Å². The van der Waals surface area contributed by atoms with Crippen LogP contribution in [0.2, 0.25) is 10.0 Å². The highest BCUT2D eigenvalue weighted by Gasteiger charge is 2.48. The van der Waals surface area contributed by atoms with Gasteiger partial charge in [0.25, 0.3) is 0 Å². The fraction of sp³-hybridized carbons (Fsp3) is 0.455. The molecule has 1 unspecified atom stereocenters. The molecule has 0 saturated heterocycles. The first-order chi connectivity index (χ1) is 13.1. The van der Waals surface area contributed by atoms with Crippen LogP contribution >= 0.6 is 23.2 Å². The van der Waals surface area contributed by atoms with Crippen LogP contribution in [0.25, 0.3) is 5.57 Å². The van der Waals surface area contributed by atoms with Crippen molar-refractivity contribution in [3.05, 3.63) is 56.4 Å². The first-order valence-corrected chi connectivity index (χ1v) is 12.0. The molecule has 3 rings (SSSR count). The summed E-state index contributed by atoms with van der Waals surface area (Å²) in [6.07, 6.45) is 11.1. The van der Waals surface area contributed by atoms with Gasteiger partial charge in [0.2, 0.25) is 0 Å². The monoisotopic (exact) mass is 440 g/mol. The summed E-state index contributed by atoms with van der Waals surface area (Å²) in [6, 6.07) is 3.85. The Morgan fingerprint density at radius 2 is 1.82 bits per heavy atom. The van der Waals surface area contributed by atoms with E-state index in [0.29, 0.717) is 26.1 Å². The molecular weight excluding hydrogens is 415 g/mol. The lowest BCUT2D eigenvalue weighted by molar-refractivity contribution is 0.415. The second kappa shape index (κ2) is 7.89. The molecule has 1 atom stereocenters. The summed E-state index contributed by atoms with van der Waals surface area (Å²) in [5, 5.41) is 1.01. The summed E-state index contributed by atoms with van der Waals surface area (Å²) >= 11 is 12.8. The highest BCUT2D eigenvalue weighted by molar-refractivity contribution is 7.94. The Bertz CT molecular complexity index is 960. The van der Waals surface area contributed by atoms with Gasteiger partial charge in [-0.15, -0.1) is 0 Å². The van der Waals surface area contributed by atoms with Crippen molar-refractivity contribution < 1.29 is 13.2 Å². The summed E-state index contributed by atoms with van der Waals surface area (Å²) in [5.41, 5.74) is 4.02. The summed E-state index contributed by atoms with van der Waals surface area (Å²) in [5.74, 6) is 0.624. The van der Waals surface area contributed by atoms with Gasteiger partial charge in [0, 0.05) is 6.26 Å². The maximum Gasteiger partial charge on any atom is 0.175 e. The van der Waals surface area contributed by atoms with E-state index in [1.165, 1.54) is 30.2 Å². The standard InChI is InChI=1S/C22H26Cl2O3S/c1-5-16(28(4,25)26)7-6-14(2)17-12-22(8-9-22)13-18(17)15-10-19(23)21(27-3)20(24)11-15/h5-7,10-11,14H,8-9,12-13H2,1-4H3/b7-6-,16-5+. The maximum absolute atomic E-state index is 11.9. The fourth-order valence-electron chi connectivity index (χ4n) is 4.03. The van der Waals surface area contributed by atoms with E-state index in [9.17, 15) is 8.42 Å². The van der Waals surface area contributed by atoms with Crippen LogP contribution < -0.4 is 4.74 Å². The summed E-state index contributed by atoms with van der Waals surface area (Å²) in [4.78, 5) is 0.344. The van der Waals surface area contributed by atoms with Crippen molar-refractivity contribution in [2.45, 2.75) is 39.5 Å². The van der Waals surface area contributed by atoms with E-state index in [4.69, 9.17) is 27.9 Å². The molecule has 1 aromatic carbocycles. The van der Waals surface area contributed by atoms with Crippen LogP contribution in [-0.2, 0) is 9.84 Å². The Hall–Kier alpha value is -1.23. The molecule has 2 aliphatic rings. The lowest BCUT2D eigenvalue weighted by atomic mass is 9.93. The van der Waals surface area contributed by atoms with Gasteiger partial charge in [-0.25, -0.2) is 8.42 Å². The summed E-state index contributed by atoms with van der Waals surface area (Å²) < 4.78 is 29.0. The third-order valence-electron chi connectivity index (χ3n) is 5.82. The molecule has 1 fully saturated rings. The van der Waals surface area contributed by atoms with Crippen molar-refractivity contribution >= 4 is 38.6 Å². The average molecular weight is 441 g/mol. The predicted molar refractivity (Wildman–Crippen MR) is 118 cm³/mol. The maximum atomic E-state index is 11.9. The molecule has 0 heterocycles. The topological polar surface area (TPSA) is 43.4 Å². The number of ether oxygens (including phenoxy) is 1. The Morgan fingerprint density at radius 1 is 1.21 bits per heavy atom. The lowest BCUT2D eigenvalue weighted by Gasteiger charge is -2.15. The van der Waals surface area contributed by atoms with Crippen molar-refractivity contribution in [1.82, 2.24) is 0 Å². The number of rotatable bonds is 6. The molecule has 0 amide bonds. The van der Waals surface area contributed by atoms with E-state index >= 15 is 0 Å². The van der Waals surface area contributed by atoms with Crippen molar-refractivity contribution in [2.75, 3.05) is 13.4 Å². The number of sulfone groups is 1. The van der Waals surface area contributed by atoms with Crippen molar-refractivity contribution in [2.24, 2.45) is 11.3 Å². The van der Waals surface area contributed by atoms with Crippen LogP contribution in [-0.4, -0.2) is 21.8 Å². The Labute approximate surface area is 178 Å². The number of hydrogen-bond donors (Lipinski definition) is 0. The van der Waals surface area contributed by atoms with Crippen LogP contribution in [0.3, 0.4) is 0 Å². The van der Waals surface area contributed by atoms with Gasteiger partial charge in [0.1, 0.15) is 0 Å². The van der Waals surface area contributed by atoms with Gasteiger partial charge in [-0.05, 0) is 73.3 Å². The number of allylic oxidation sites excluding steroid dienone is 5. The molecular formula is C22H26Cl2O3S. The number of methoxy groups -OCH3 is 1. The Kier molecular flexibility index (Phi) is 6.05. The van der Waals surface area contributed by atoms with Crippen LogP contribution in [0.15, 0.2) is 40.8 Å². The molecule has 0 N–H and O–H groups in total. The molecule has 152 valence electrons. The zero-order valence-corrected chi connectivity index (χ0v) is 19.0. The van der Waals surface area contributed by atoms with Gasteiger partial charge in [-0.1, -0.05) is 47.9 Å². The predicted octanol–water partition coefficient (Wildman–Crippen LogP) is 6.47. The third kappa shape index (κ3) is 4.34. The molecule has 0 aliphatic heterocycles. The van der Waals surface area contributed by atoms with Gasteiger partial charge in [0.05, 0.1) is 22.1 Å². The zero-order chi connectivity index (χ0) is 20.7. The number of halogens is 2.